The number of phenolic OH excluding ortho intramolecular Hbond substituents is 1. The van der Waals surface area contributed by atoms with Gasteiger partial charge in [0, 0.05) is 44.3 Å². The fourth-order valence-electron chi connectivity index (χ4n) is 3.41. The lowest BCUT2D eigenvalue weighted by Crippen LogP contribution is -2.53. The molecule has 0 bridgehead atoms. The number of ether oxygens (including phenoxy) is 1. The van der Waals surface area contributed by atoms with Crippen LogP contribution in [0.15, 0.2) is 42.6 Å². The average Bonchev–Trinajstić information content (AvgIpc) is 2.72. The first kappa shape index (κ1) is 21.5. The summed E-state index contributed by atoms with van der Waals surface area (Å²) >= 11 is 0. The number of pyridine rings is 1. The second-order valence-electron chi connectivity index (χ2n) is 7.67. The molecule has 2 N–H and O–H groups in total. The predicted octanol–water partition coefficient (Wildman–Crippen LogP) is 2.75. The third-order valence-electron chi connectivity index (χ3n) is 5.10. The Morgan fingerprint density at radius 3 is 2.57 bits per heavy atom. The number of amides is 2. The maximum absolute atomic E-state index is 13.2. The Morgan fingerprint density at radius 1 is 1.23 bits per heavy atom. The van der Waals surface area contributed by atoms with Gasteiger partial charge in [0.15, 0.2) is 0 Å². The van der Waals surface area contributed by atoms with Gasteiger partial charge in [0.25, 0.3) is 5.91 Å². The minimum Gasteiger partial charge on any atom is -0.507 e. The second-order valence-corrected chi connectivity index (χ2v) is 7.67. The highest BCUT2D eigenvalue weighted by Gasteiger charge is 2.32. The molecule has 8 heteroatoms. The average molecular weight is 415 g/mol. The molecule has 0 spiro atoms. The maximum atomic E-state index is 13.2. The topological polar surface area (TPSA) is 91.8 Å². The predicted molar refractivity (Wildman–Crippen MR) is 109 cm³/mol. The molecule has 7 nitrogen and oxygen atoms in total. The van der Waals surface area contributed by atoms with E-state index in [1.165, 1.54) is 6.07 Å². The fraction of sp³-hybridized carbons (Fsp3) is 0.409. The highest BCUT2D eigenvalue weighted by molar-refractivity contribution is 5.99. The Bertz CT molecular complexity index is 883. The van der Waals surface area contributed by atoms with Gasteiger partial charge < -0.3 is 20.1 Å². The van der Waals surface area contributed by atoms with Crippen LogP contribution in [0.4, 0.5) is 4.39 Å². The van der Waals surface area contributed by atoms with Crippen LogP contribution in [0.3, 0.4) is 0 Å². The molecule has 1 saturated heterocycles. The number of carbonyl (C=O) groups excluding carboxylic acids is 2. The van der Waals surface area contributed by atoms with E-state index in [0.29, 0.717) is 31.8 Å². The van der Waals surface area contributed by atoms with Crippen molar-refractivity contribution >= 4 is 11.8 Å². The first-order valence-corrected chi connectivity index (χ1v) is 10.0. The zero-order valence-corrected chi connectivity index (χ0v) is 17.0. The first-order chi connectivity index (χ1) is 14.3. The summed E-state index contributed by atoms with van der Waals surface area (Å²) in [6.45, 7) is 4.70. The number of aromatic hydroxyl groups is 1. The molecule has 1 aliphatic heterocycles. The molecular formula is C22H26FN3O4. The lowest BCUT2D eigenvalue weighted by molar-refractivity contribution is -0.136. The van der Waals surface area contributed by atoms with Crippen LogP contribution in [0.5, 0.6) is 11.6 Å². The molecule has 2 amide bonds. The number of hydrogen-bond acceptors (Lipinski definition) is 5. The van der Waals surface area contributed by atoms with Crippen molar-refractivity contribution in [2.45, 2.75) is 38.8 Å². The van der Waals surface area contributed by atoms with Gasteiger partial charge in [-0.15, -0.1) is 0 Å². The van der Waals surface area contributed by atoms with Crippen LogP contribution in [-0.4, -0.2) is 52.0 Å². The lowest BCUT2D eigenvalue weighted by Gasteiger charge is -2.35. The number of phenols is 1. The summed E-state index contributed by atoms with van der Waals surface area (Å²) in [5, 5.41) is 12.5. The normalized spacial score (nSPS) is 15.7. The quantitative estimate of drug-likeness (QED) is 0.757. The van der Waals surface area contributed by atoms with Gasteiger partial charge in [-0.25, -0.2) is 9.37 Å². The smallest absolute Gasteiger partial charge is 0.255 e. The van der Waals surface area contributed by atoms with E-state index in [-0.39, 0.29) is 23.5 Å². The lowest BCUT2D eigenvalue weighted by atomic mass is 9.99. The van der Waals surface area contributed by atoms with E-state index in [1.54, 1.807) is 17.2 Å². The summed E-state index contributed by atoms with van der Waals surface area (Å²) in [6.07, 6.45) is 2.98. The Kier molecular flexibility index (Phi) is 6.87. The molecule has 3 rings (SSSR count). The van der Waals surface area contributed by atoms with Crippen LogP contribution < -0.4 is 10.1 Å². The van der Waals surface area contributed by atoms with E-state index in [2.05, 4.69) is 10.3 Å². The van der Waals surface area contributed by atoms with E-state index in [1.807, 2.05) is 26.0 Å². The van der Waals surface area contributed by atoms with Crippen LogP contribution in [0, 0.1) is 11.7 Å². The number of likely N-dealkylation sites (tertiary alicyclic amines) is 1. The summed E-state index contributed by atoms with van der Waals surface area (Å²) in [6, 6.07) is 7.88. The molecule has 160 valence electrons. The largest absolute Gasteiger partial charge is 0.507 e. The summed E-state index contributed by atoms with van der Waals surface area (Å²) < 4.78 is 19.0. The van der Waals surface area contributed by atoms with E-state index < -0.39 is 23.5 Å². The zero-order chi connectivity index (χ0) is 21.7. The van der Waals surface area contributed by atoms with Gasteiger partial charge in [-0.3, -0.25) is 9.59 Å². The van der Waals surface area contributed by atoms with Crippen molar-refractivity contribution in [1.82, 2.24) is 15.2 Å². The van der Waals surface area contributed by atoms with Crippen molar-refractivity contribution in [2.75, 3.05) is 13.1 Å². The highest BCUT2D eigenvalue weighted by Crippen LogP contribution is 2.21. The van der Waals surface area contributed by atoms with E-state index in [9.17, 15) is 19.1 Å². The molecule has 2 heterocycles. The Balaban J connectivity index is 1.60. The third kappa shape index (κ3) is 5.25. The molecule has 0 aliphatic carbocycles. The monoisotopic (exact) mass is 415 g/mol. The number of rotatable bonds is 6. The van der Waals surface area contributed by atoms with Gasteiger partial charge in [-0.05, 0) is 24.1 Å². The van der Waals surface area contributed by atoms with Gasteiger partial charge in [0.05, 0.1) is 5.56 Å². The van der Waals surface area contributed by atoms with Crippen LogP contribution >= 0.6 is 0 Å². The summed E-state index contributed by atoms with van der Waals surface area (Å²) in [5.74, 6) is -1.50. The molecule has 1 atom stereocenters. The number of hydrogen-bond donors (Lipinski definition) is 2. The highest BCUT2D eigenvalue weighted by atomic mass is 19.1. The van der Waals surface area contributed by atoms with Crippen molar-refractivity contribution in [2.24, 2.45) is 5.92 Å². The Labute approximate surface area is 174 Å². The van der Waals surface area contributed by atoms with Crippen LogP contribution in [0.2, 0.25) is 0 Å². The first-order valence-electron chi connectivity index (χ1n) is 10.0. The molecule has 0 radical (unpaired) electrons. The minimum absolute atomic E-state index is 0.0211. The van der Waals surface area contributed by atoms with E-state index in [4.69, 9.17) is 4.74 Å². The number of piperidine rings is 1. The van der Waals surface area contributed by atoms with E-state index >= 15 is 0 Å². The molecule has 1 fully saturated rings. The molecular weight excluding hydrogens is 389 g/mol. The summed E-state index contributed by atoms with van der Waals surface area (Å²) in [5.41, 5.74) is -0.0719. The van der Waals surface area contributed by atoms with Crippen molar-refractivity contribution in [3.63, 3.8) is 0 Å². The second kappa shape index (κ2) is 9.56. The zero-order valence-electron chi connectivity index (χ0n) is 17.0. The molecule has 30 heavy (non-hydrogen) atoms. The van der Waals surface area contributed by atoms with Crippen molar-refractivity contribution < 1.29 is 23.8 Å². The molecule has 1 aliphatic rings. The third-order valence-corrected chi connectivity index (χ3v) is 5.10. The number of aromatic nitrogens is 1. The number of nitrogens with one attached hydrogen (secondary N) is 1. The van der Waals surface area contributed by atoms with E-state index in [0.717, 1.165) is 12.1 Å². The number of halogens is 1. The van der Waals surface area contributed by atoms with Crippen LogP contribution in [0.25, 0.3) is 0 Å². The van der Waals surface area contributed by atoms with Crippen molar-refractivity contribution in [3.05, 3.63) is 54.0 Å². The summed E-state index contributed by atoms with van der Waals surface area (Å²) in [7, 11) is 0. The maximum Gasteiger partial charge on any atom is 0.255 e. The van der Waals surface area contributed by atoms with Gasteiger partial charge in [0.2, 0.25) is 11.8 Å². The Hall–Kier alpha value is -3.16. The standard InChI is InChI=1S/C22H26FN3O4/c1-14(2)20(25-21(28)17-7-6-15(23)13-18(17)27)22(29)26-11-8-16(9-12-26)30-19-5-3-4-10-24-19/h3-7,10,13-14,16,20,27H,8-9,11-12H2,1-2H3,(H,25,28)/t20-/m0/s1. The molecule has 0 unspecified atom stereocenters. The molecule has 2 aromatic rings. The van der Waals surface area contributed by atoms with Gasteiger partial charge >= 0.3 is 0 Å². The van der Waals surface area contributed by atoms with Crippen molar-refractivity contribution in [3.8, 4) is 11.6 Å². The molecule has 1 aromatic heterocycles. The van der Waals surface area contributed by atoms with Crippen LogP contribution in [-0.2, 0) is 4.79 Å². The molecule has 1 aromatic carbocycles. The van der Waals surface area contributed by atoms with Crippen LogP contribution in [0.1, 0.15) is 37.0 Å². The SMILES string of the molecule is CC(C)[C@H](NC(=O)c1ccc(F)cc1O)C(=O)N1CCC(Oc2ccccn2)CC1. The molecule has 0 saturated carbocycles. The van der Waals surface area contributed by atoms with Gasteiger partial charge in [-0.1, -0.05) is 19.9 Å². The number of carbonyl (C=O) groups is 2. The van der Waals surface area contributed by atoms with Crippen molar-refractivity contribution in [1.29, 1.82) is 0 Å². The fourth-order valence-corrected chi connectivity index (χ4v) is 3.41. The minimum atomic E-state index is -0.754. The number of nitrogens with zero attached hydrogens (tertiary/aromatic N) is 2. The summed E-state index contributed by atoms with van der Waals surface area (Å²) in [4.78, 5) is 31.5. The van der Waals surface area contributed by atoms with Gasteiger partial charge in [0.1, 0.15) is 23.7 Å². The number of benzene rings is 1. The Morgan fingerprint density at radius 2 is 1.97 bits per heavy atom. The van der Waals surface area contributed by atoms with Gasteiger partial charge in [-0.2, -0.15) is 0 Å².